The second-order valence-electron chi connectivity index (χ2n) is 1.10. The van der Waals surface area contributed by atoms with Gasteiger partial charge in [0.05, 0.1) is 0 Å². The Bertz CT molecular complexity index is 56.1. The van der Waals surface area contributed by atoms with Gasteiger partial charge in [-0.25, -0.2) is 0 Å². The van der Waals surface area contributed by atoms with E-state index in [4.69, 9.17) is 20.1 Å². The summed E-state index contributed by atoms with van der Waals surface area (Å²) in [4.78, 5) is 0. The van der Waals surface area contributed by atoms with Crippen LogP contribution in [-0.2, 0) is 9.31 Å². The fraction of sp³-hybridized carbons (Fsp3) is 1.00. The Kier molecular flexibility index (Phi) is 4.68. The molecule has 0 aliphatic heterocycles. The molecule has 6 nitrogen and oxygen atoms in total. The van der Waals surface area contributed by atoms with E-state index in [-0.39, 0.29) is 0 Å². The van der Waals surface area contributed by atoms with Gasteiger partial charge >= 0.3 is 14.6 Å². The topological polar surface area (TPSA) is 99.4 Å². The number of rotatable bonds is 4. The molecule has 0 atom stereocenters. The van der Waals surface area contributed by atoms with Crippen molar-refractivity contribution in [3.05, 3.63) is 0 Å². The molecule has 0 aromatic rings. The maximum absolute atomic E-state index is 7.96. The Morgan fingerprint density at radius 3 is 1.44 bits per heavy atom. The molecule has 0 aromatic heterocycles. The van der Waals surface area contributed by atoms with E-state index < -0.39 is 21.4 Å². The van der Waals surface area contributed by atoms with Crippen molar-refractivity contribution >= 4 is 14.6 Å². The molecule has 0 bridgehead atoms. The lowest BCUT2D eigenvalue weighted by atomic mass is 10.2. The summed E-state index contributed by atoms with van der Waals surface area (Å²) in [6, 6.07) is 0. The van der Waals surface area contributed by atoms with Crippen molar-refractivity contribution in [3.63, 3.8) is 0 Å². The lowest BCUT2D eigenvalue weighted by Gasteiger charge is -2.01. The van der Waals surface area contributed by atoms with Gasteiger partial charge in [0.2, 0.25) is 0 Å². The van der Waals surface area contributed by atoms with E-state index in [9.17, 15) is 0 Å². The first kappa shape index (κ1) is 8.89. The van der Waals surface area contributed by atoms with Crippen LogP contribution in [0, 0.1) is 0 Å². The molecule has 0 aliphatic carbocycles. The largest absolute Gasteiger partial charge is 0.635 e. The molecule has 0 radical (unpaired) electrons. The van der Waals surface area contributed by atoms with Gasteiger partial charge in [0, 0.05) is 0 Å². The molecule has 4 N–H and O–H groups in total. The molecule has 0 aliphatic rings. The molecule has 0 unspecified atom stereocenters. The van der Waals surface area contributed by atoms with E-state index in [1.165, 1.54) is 0 Å². The molecule has 0 heterocycles. The third-order valence-corrected chi connectivity index (χ3v) is 0.434. The average Bonchev–Trinajstić information content (AvgIpc) is 1.63. The van der Waals surface area contributed by atoms with Gasteiger partial charge in [0.1, 0.15) is 6.79 Å². The van der Waals surface area contributed by atoms with Crippen LogP contribution in [0.25, 0.3) is 0 Å². The lowest BCUT2D eigenvalue weighted by molar-refractivity contribution is 0.0370. The zero-order valence-electron chi connectivity index (χ0n) is 4.47. The van der Waals surface area contributed by atoms with Crippen LogP contribution in [0.1, 0.15) is 0 Å². The van der Waals surface area contributed by atoms with Gasteiger partial charge in [-0.15, -0.1) is 0 Å². The summed E-state index contributed by atoms with van der Waals surface area (Å²) in [7, 11) is -3.91. The van der Waals surface area contributed by atoms with Crippen LogP contribution in [0.2, 0.25) is 0 Å². The normalized spacial score (nSPS) is 9.33. The summed E-state index contributed by atoms with van der Waals surface area (Å²) in [6.07, 6.45) is 0. The third-order valence-electron chi connectivity index (χ3n) is 0.434. The van der Waals surface area contributed by atoms with Gasteiger partial charge in [-0.1, -0.05) is 0 Å². The minimum atomic E-state index is -1.95. The van der Waals surface area contributed by atoms with Crippen molar-refractivity contribution in [2.45, 2.75) is 0 Å². The summed E-state index contributed by atoms with van der Waals surface area (Å²) in [5.41, 5.74) is 0. The van der Waals surface area contributed by atoms with Crippen molar-refractivity contribution < 1.29 is 29.4 Å². The van der Waals surface area contributed by atoms with Crippen LogP contribution in [0.3, 0.4) is 0 Å². The molecule has 8 heteroatoms. The fourth-order valence-electron chi connectivity index (χ4n) is 0.161. The first-order valence-corrected chi connectivity index (χ1v) is 2.08. The fourth-order valence-corrected chi connectivity index (χ4v) is 0.161. The van der Waals surface area contributed by atoms with Crippen LogP contribution in [-0.4, -0.2) is 41.5 Å². The molecule has 0 aromatic carbocycles. The van der Waals surface area contributed by atoms with Crippen LogP contribution < -0.4 is 0 Å². The quantitative estimate of drug-likeness (QED) is 0.241. The van der Waals surface area contributed by atoms with Gasteiger partial charge in [-0.2, -0.15) is 0 Å². The zero-order valence-corrected chi connectivity index (χ0v) is 4.47. The SMILES string of the molecule is OB(O)OCOB(O)O. The highest BCUT2D eigenvalue weighted by Gasteiger charge is 2.12. The standard InChI is InChI=1S/CH6B2O6/c4-2(5)8-1-9-3(6)7/h4-7H,1H2. The summed E-state index contributed by atoms with van der Waals surface area (Å²) < 4.78 is 7.84. The second kappa shape index (κ2) is 4.74. The minimum absolute atomic E-state index is 0.588. The van der Waals surface area contributed by atoms with E-state index in [2.05, 4.69) is 9.31 Å². The van der Waals surface area contributed by atoms with Gasteiger partial charge in [-0.3, -0.25) is 0 Å². The van der Waals surface area contributed by atoms with Gasteiger partial charge in [-0.05, 0) is 0 Å². The first-order chi connectivity index (χ1) is 4.13. The Morgan fingerprint density at radius 1 is 0.889 bits per heavy atom. The Morgan fingerprint density at radius 2 is 1.22 bits per heavy atom. The molecular formula is CH6B2O6. The van der Waals surface area contributed by atoms with Crippen molar-refractivity contribution in [2.75, 3.05) is 6.79 Å². The molecule has 0 spiro atoms. The Hall–Kier alpha value is -0.110. The Labute approximate surface area is 52.0 Å². The molecular weight excluding hydrogens is 130 g/mol. The average molecular weight is 136 g/mol. The highest BCUT2D eigenvalue weighted by molar-refractivity contribution is 6.33. The predicted molar refractivity (Wildman–Crippen MR) is 27.4 cm³/mol. The van der Waals surface area contributed by atoms with Crippen molar-refractivity contribution in [2.24, 2.45) is 0 Å². The molecule has 0 fully saturated rings. The van der Waals surface area contributed by atoms with Gasteiger partial charge < -0.3 is 29.4 Å². The first-order valence-electron chi connectivity index (χ1n) is 2.08. The smallest absolute Gasteiger partial charge is 0.402 e. The summed E-state index contributed by atoms with van der Waals surface area (Å²) in [5.74, 6) is 0. The maximum atomic E-state index is 7.96. The van der Waals surface area contributed by atoms with Crippen molar-refractivity contribution in [1.29, 1.82) is 0 Å². The van der Waals surface area contributed by atoms with Crippen molar-refractivity contribution in [3.8, 4) is 0 Å². The van der Waals surface area contributed by atoms with E-state index in [0.29, 0.717) is 0 Å². The van der Waals surface area contributed by atoms with Crippen LogP contribution in [0.5, 0.6) is 0 Å². The van der Waals surface area contributed by atoms with Gasteiger partial charge in [0.15, 0.2) is 0 Å². The number of hydrogen-bond acceptors (Lipinski definition) is 6. The molecule has 0 amide bonds. The molecule has 0 rings (SSSR count). The zero-order chi connectivity index (χ0) is 7.28. The molecule has 52 valence electrons. The van der Waals surface area contributed by atoms with E-state index in [0.717, 1.165) is 0 Å². The highest BCUT2D eigenvalue weighted by Crippen LogP contribution is 1.78. The van der Waals surface area contributed by atoms with Crippen LogP contribution in [0.15, 0.2) is 0 Å². The van der Waals surface area contributed by atoms with Gasteiger partial charge in [0.25, 0.3) is 0 Å². The highest BCUT2D eigenvalue weighted by atomic mass is 16.7. The molecule has 0 saturated carbocycles. The van der Waals surface area contributed by atoms with Crippen LogP contribution in [0.4, 0.5) is 0 Å². The monoisotopic (exact) mass is 136 g/mol. The minimum Gasteiger partial charge on any atom is -0.402 e. The van der Waals surface area contributed by atoms with E-state index in [1.54, 1.807) is 0 Å². The third kappa shape index (κ3) is 7.89. The Balaban J connectivity index is 2.91. The van der Waals surface area contributed by atoms with Crippen LogP contribution >= 0.6 is 0 Å². The second-order valence-corrected chi connectivity index (χ2v) is 1.10. The molecule has 0 saturated heterocycles. The summed E-state index contributed by atoms with van der Waals surface area (Å²) >= 11 is 0. The van der Waals surface area contributed by atoms with E-state index in [1.807, 2.05) is 0 Å². The molecule has 9 heavy (non-hydrogen) atoms. The van der Waals surface area contributed by atoms with Crippen molar-refractivity contribution in [1.82, 2.24) is 0 Å². The maximum Gasteiger partial charge on any atom is 0.635 e. The van der Waals surface area contributed by atoms with E-state index >= 15 is 0 Å². The summed E-state index contributed by atoms with van der Waals surface area (Å²) in [5, 5.41) is 31.8. The predicted octanol–water partition coefficient (Wildman–Crippen LogP) is -3.08. The number of hydrogen-bond donors (Lipinski definition) is 4. The summed E-state index contributed by atoms with van der Waals surface area (Å²) in [6.45, 7) is -0.588. The lowest BCUT2D eigenvalue weighted by Crippen LogP contribution is -2.24.